The molecule has 0 radical (unpaired) electrons. The van der Waals surface area contributed by atoms with E-state index in [0.29, 0.717) is 54.7 Å². The summed E-state index contributed by atoms with van der Waals surface area (Å²) in [5.74, 6) is -0.815. The van der Waals surface area contributed by atoms with Crippen LogP contribution in [-0.2, 0) is 10.3 Å². The van der Waals surface area contributed by atoms with E-state index in [2.05, 4.69) is 10.1 Å². The van der Waals surface area contributed by atoms with Gasteiger partial charge in [0.05, 0.1) is 12.7 Å². The molecule has 0 spiro atoms. The van der Waals surface area contributed by atoms with E-state index in [1.165, 1.54) is 13.2 Å². The number of carbonyl (C=O) groups is 2. The van der Waals surface area contributed by atoms with Gasteiger partial charge in [-0.15, -0.1) is 0 Å². The fraction of sp³-hybridized carbons (Fsp3) is 0.375. The van der Waals surface area contributed by atoms with Crippen molar-refractivity contribution in [1.29, 1.82) is 0 Å². The molecule has 0 bridgehead atoms. The van der Waals surface area contributed by atoms with Crippen LogP contribution >= 0.6 is 0 Å². The van der Waals surface area contributed by atoms with Crippen LogP contribution in [0.4, 0.5) is 9.18 Å². The molecule has 1 heterocycles. The molecule has 39 heavy (non-hydrogen) atoms. The van der Waals surface area contributed by atoms with Crippen LogP contribution in [0.3, 0.4) is 0 Å². The number of ether oxygens (including phenoxy) is 1. The van der Waals surface area contributed by atoms with Gasteiger partial charge in [-0.3, -0.25) is 4.79 Å². The van der Waals surface area contributed by atoms with Gasteiger partial charge in [0, 0.05) is 36.7 Å². The summed E-state index contributed by atoms with van der Waals surface area (Å²) in [6, 6.07) is 19.9. The Balaban J connectivity index is 1.70. The number of rotatable bonds is 8. The molecule has 3 aromatic rings. The maximum Gasteiger partial charge on any atom is 0.406 e. The summed E-state index contributed by atoms with van der Waals surface area (Å²) >= 11 is 0. The van der Waals surface area contributed by atoms with E-state index in [0.717, 1.165) is 17.5 Å². The molecule has 2 atom stereocenters. The van der Waals surface area contributed by atoms with E-state index in [4.69, 9.17) is 0 Å². The summed E-state index contributed by atoms with van der Waals surface area (Å²) in [5, 5.41) is 15.2. The van der Waals surface area contributed by atoms with Crippen molar-refractivity contribution in [3.05, 3.63) is 94.8 Å². The lowest BCUT2D eigenvalue weighted by Gasteiger charge is -2.43. The van der Waals surface area contributed by atoms with E-state index < -0.39 is 17.5 Å². The van der Waals surface area contributed by atoms with Gasteiger partial charge in [-0.2, -0.15) is 0 Å². The Morgan fingerprint density at radius 1 is 1.08 bits per heavy atom. The number of hydrogen-bond acceptors (Lipinski definition) is 4. The number of methoxy groups -OCH3 is 1. The number of nitrogens with zero attached hydrogens (tertiary/aromatic N) is 1. The van der Waals surface area contributed by atoms with Gasteiger partial charge >= 0.3 is 6.09 Å². The molecule has 0 aliphatic carbocycles. The molecule has 1 unspecified atom stereocenters. The monoisotopic (exact) mass is 532 g/mol. The number of alkyl carbamates (subject to hydrolysis) is 1. The Labute approximate surface area is 229 Å². The van der Waals surface area contributed by atoms with Gasteiger partial charge in [-0.05, 0) is 68.9 Å². The molecule has 0 aromatic heterocycles. The molecule has 6 nitrogen and oxygen atoms in total. The van der Waals surface area contributed by atoms with Crippen molar-refractivity contribution < 1.29 is 23.8 Å². The first-order valence-electron chi connectivity index (χ1n) is 13.5. The molecule has 1 aliphatic heterocycles. The van der Waals surface area contributed by atoms with Gasteiger partial charge in [-0.1, -0.05) is 59.7 Å². The summed E-state index contributed by atoms with van der Waals surface area (Å²) in [6.45, 7) is 5.16. The standard InChI is InChI=1S/C32H37FN2O4/c1-22-13-15-24(16-14-22)30(36)35-19-6-10-26(21-35)32(38,17-7-18-34-31(37)39-3)27-11-5-12-28(33)29(27)25-9-4-8-23(2)20-25/h4-5,8-9,11-16,20,26,38H,6-7,10,17-19,21H2,1-3H3,(H,34,37)/t26-,32?/m1/s1. The van der Waals surface area contributed by atoms with Crippen molar-refractivity contribution >= 4 is 12.0 Å². The largest absolute Gasteiger partial charge is 0.453 e. The first-order valence-corrected chi connectivity index (χ1v) is 13.5. The summed E-state index contributed by atoms with van der Waals surface area (Å²) in [7, 11) is 1.30. The number of carbonyl (C=O) groups excluding carboxylic acids is 2. The summed E-state index contributed by atoms with van der Waals surface area (Å²) in [5.41, 5.74) is 2.79. The molecular formula is C32H37FN2O4. The quantitative estimate of drug-likeness (QED) is 0.350. The second-order valence-electron chi connectivity index (χ2n) is 10.4. The molecule has 1 aliphatic rings. The van der Waals surface area contributed by atoms with Crippen molar-refractivity contribution in [3.63, 3.8) is 0 Å². The number of benzene rings is 3. The SMILES string of the molecule is COC(=O)NCCCC(O)(c1cccc(F)c1-c1cccc(C)c1)[C@@H]1CCCN(C(=O)c2ccc(C)cc2)C1. The molecule has 1 fully saturated rings. The molecular weight excluding hydrogens is 495 g/mol. The molecule has 3 aromatic carbocycles. The normalized spacial score (nSPS) is 16.8. The summed E-state index contributed by atoms with van der Waals surface area (Å²) < 4.78 is 20.2. The van der Waals surface area contributed by atoms with Crippen LogP contribution in [0.5, 0.6) is 0 Å². The van der Waals surface area contributed by atoms with Crippen LogP contribution in [-0.4, -0.2) is 48.8 Å². The van der Waals surface area contributed by atoms with Crippen molar-refractivity contribution in [1.82, 2.24) is 10.2 Å². The Bertz CT molecular complexity index is 1310. The zero-order chi connectivity index (χ0) is 28.0. The molecule has 7 heteroatoms. The van der Waals surface area contributed by atoms with Crippen molar-refractivity contribution in [2.45, 2.75) is 45.1 Å². The highest BCUT2D eigenvalue weighted by molar-refractivity contribution is 5.94. The maximum atomic E-state index is 15.5. The number of halogens is 1. The predicted octanol–water partition coefficient (Wildman–Crippen LogP) is 5.99. The number of amides is 2. The first-order chi connectivity index (χ1) is 18.7. The third kappa shape index (κ3) is 6.48. The van der Waals surface area contributed by atoms with Crippen molar-refractivity contribution in [2.24, 2.45) is 5.92 Å². The predicted molar refractivity (Wildman–Crippen MR) is 150 cm³/mol. The van der Waals surface area contributed by atoms with E-state index in [1.807, 2.05) is 62.4 Å². The highest BCUT2D eigenvalue weighted by atomic mass is 19.1. The van der Waals surface area contributed by atoms with Crippen LogP contribution in [0.2, 0.25) is 0 Å². The Kier molecular flexibility index (Phi) is 9.02. The van der Waals surface area contributed by atoms with E-state index in [1.54, 1.807) is 17.0 Å². The topological polar surface area (TPSA) is 78.9 Å². The Hall–Kier alpha value is -3.71. The average Bonchev–Trinajstić information content (AvgIpc) is 2.95. The zero-order valence-electron chi connectivity index (χ0n) is 22.9. The average molecular weight is 533 g/mol. The second kappa shape index (κ2) is 12.4. The number of aliphatic hydroxyl groups is 1. The smallest absolute Gasteiger partial charge is 0.406 e. The highest BCUT2D eigenvalue weighted by Gasteiger charge is 2.43. The molecule has 0 saturated carbocycles. The van der Waals surface area contributed by atoms with Crippen LogP contribution in [0.15, 0.2) is 66.7 Å². The van der Waals surface area contributed by atoms with Gasteiger partial charge in [-0.25, -0.2) is 9.18 Å². The van der Waals surface area contributed by atoms with E-state index >= 15 is 4.39 Å². The molecule has 206 valence electrons. The third-order valence-electron chi connectivity index (χ3n) is 7.66. The maximum absolute atomic E-state index is 15.5. The van der Waals surface area contributed by atoms with Crippen molar-refractivity contribution in [3.8, 4) is 11.1 Å². The minimum absolute atomic E-state index is 0.0763. The van der Waals surface area contributed by atoms with Gasteiger partial charge in [0.1, 0.15) is 5.82 Å². The highest BCUT2D eigenvalue weighted by Crippen LogP contribution is 2.44. The fourth-order valence-corrected chi connectivity index (χ4v) is 5.59. The van der Waals surface area contributed by atoms with E-state index in [9.17, 15) is 14.7 Å². The van der Waals surface area contributed by atoms with Crippen LogP contribution in [0.1, 0.15) is 52.7 Å². The van der Waals surface area contributed by atoms with E-state index in [-0.39, 0.29) is 18.2 Å². The first kappa shape index (κ1) is 28.3. The Morgan fingerprint density at radius 3 is 2.54 bits per heavy atom. The van der Waals surface area contributed by atoms with Crippen LogP contribution in [0, 0.1) is 25.6 Å². The lowest BCUT2D eigenvalue weighted by atomic mass is 9.72. The van der Waals surface area contributed by atoms with Crippen molar-refractivity contribution in [2.75, 3.05) is 26.7 Å². The number of hydrogen-bond donors (Lipinski definition) is 2. The summed E-state index contributed by atoms with van der Waals surface area (Å²) in [4.78, 5) is 26.8. The number of likely N-dealkylation sites (tertiary alicyclic amines) is 1. The molecule has 2 amide bonds. The lowest BCUT2D eigenvalue weighted by Crippen LogP contribution is -2.48. The number of aryl methyl sites for hydroxylation is 2. The van der Waals surface area contributed by atoms with Crippen LogP contribution in [0.25, 0.3) is 11.1 Å². The van der Waals surface area contributed by atoms with Gasteiger partial charge in [0.15, 0.2) is 0 Å². The van der Waals surface area contributed by atoms with Gasteiger partial charge in [0.25, 0.3) is 5.91 Å². The van der Waals surface area contributed by atoms with Gasteiger partial charge < -0.3 is 20.1 Å². The lowest BCUT2D eigenvalue weighted by molar-refractivity contribution is -0.0564. The Morgan fingerprint density at radius 2 is 1.82 bits per heavy atom. The summed E-state index contributed by atoms with van der Waals surface area (Å²) in [6.07, 6.45) is 1.58. The molecule has 1 saturated heterocycles. The second-order valence-corrected chi connectivity index (χ2v) is 10.4. The molecule has 2 N–H and O–H groups in total. The number of piperidine rings is 1. The minimum Gasteiger partial charge on any atom is -0.453 e. The van der Waals surface area contributed by atoms with Gasteiger partial charge in [0.2, 0.25) is 0 Å². The molecule has 4 rings (SSSR count). The fourth-order valence-electron chi connectivity index (χ4n) is 5.59. The number of nitrogens with one attached hydrogen (secondary N) is 1. The minimum atomic E-state index is -1.44. The zero-order valence-corrected chi connectivity index (χ0v) is 22.9. The third-order valence-corrected chi connectivity index (χ3v) is 7.66. The van der Waals surface area contributed by atoms with Crippen LogP contribution < -0.4 is 5.32 Å².